The van der Waals surface area contributed by atoms with Gasteiger partial charge in [-0.2, -0.15) is 0 Å². The molecule has 0 aromatic rings. The van der Waals surface area contributed by atoms with Gasteiger partial charge in [0, 0.05) is 12.8 Å². The molecule has 0 aliphatic heterocycles. The van der Waals surface area contributed by atoms with E-state index in [2.05, 4.69) is 26.0 Å². The van der Waals surface area contributed by atoms with Gasteiger partial charge in [0.25, 0.3) is 0 Å². The van der Waals surface area contributed by atoms with Crippen LogP contribution in [0.3, 0.4) is 0 Å². The van der Waals surface area contributed by atoms with Gasteiger partial charge in [0.1, 0.15) is 19.8 Å². The van der Waals surface area contributed by atoms with Gasteiger partial charge in [0.15, 0.2) is 6.10 Å². The molecule has 0 rings (SSSR count). The molecule has 0 aromatic heterocycles. The van der Waals surface area contributed by atoms with Crippen LogP contribution in [0.25, 0.3) is 0 Å². The summed E-state index contributed by atoms with van der Waals surface area (Å²) in [6.07, 6.45) is 79.2. The number of hydrogen-bond acceptors (Lipinski definition) is 7. The molecule has 2 unspecified atom stereocenters. The molecule has 0 radical (unpaired) electrons. The van der Waals surface area contributed by atoms with Crippen LogP contribution in [0.2, 0.25) is 0 Å². The average molecular weight is 1180 g/mol. The van der Waals surface area contributed by atoms with Crippen molar-refractivity contribution in [1.82, 2.24) is 0 Å². The first-order valence-electron chi connectivity index (χ1n) is 36.4. The summed E-state index contributed by atoms with van der Waals surface area (Å²) in [4.78, 5) is 35.8. The highest BCUT2D eigenvalue weighted by Crippen LogP contribution is 2.43. The molecule has 9 nitrogen and oxygen atoms in total. The van der Waals surface area contributed by atoms with Crippen LogP contribution in [0, 0.1) is 0 Å². The minimum absolute atomic E-state index is 0.0370. The number of quaternary nitrogens is 1. The second-order valence-corrected chi connectivity index (χ2v) is 27.8. The number of phosphoric ester groups is 1. The topological polar surface area (TPSA) is 108 Å². The van der Waals surface area contributed by atoms with E-state index in [1.807, 2.05) is 21.1 Å². The second-order valence-electron chi connectivity index (χ2n) is 26.3. The third-order valence-corrected chi connectivity index (χ3v) is 17.8. The number of phosphoric acid groups is 1. The van der Waals surface area contributed by atoms with Crippen LogP contribution >= 0.6 is 7.82 Å². The molecule has 10 heteroatoms. The smallest absolute Gasteiger partial charge is 0.462 e. The van der Waals surface area contributed by atoms with Gasteiger partial charge in [-0.05, 0) is 38.5 Å². The van der Waals surface area contributed by atoms with E-state index in [4.69, 9.17) is 18.5 Å². The number of nitrogens with zero attached hydrogens (tertiary/aromatic N) is 1. The Labute approximate surface area is 511 Å². The zero-order valence-corrected chi connectivity index (χ0v) is 56.7. The summed E-state index contributed by atoms with van der Waals surface area (Å²) in [5.41, 5.74) is 0. The third kappa shape index (κ3) is 67.9. The number of hydrogen-bond donors (Lipinski definition) is 1. The predicted molar refractivity (Wildman–Crippen MR) is 354 cm³/mol. The molecule has 0 bridgehead atoms. The first-order valence-corrected chi connectivity index (χ1v) is 37.9. The van der Waals surface area contributed by atoms with E-state index in [1.165, 1.54) is 321 Å². The molecule has 1 N–H and O–H groups in total. The lowest BCUT2D eigenvalue weighted by Gasteiger charge is -2.24. The van der Waals surface area contributed by atoms with E-state index < -0.39 is 26.5 Å². The number of carbonyl (C=O) groups is 2. The minimum Gasteiger partial charge on any atom is -0.462 e. The normalized spacial score (nSPS) is 13.1. The van der Waals surface area contributed by atoms with Crippen molar-refractivity contribution < 1.29 is 42.1 Å². The van der Waals surface area contributed by atoms with Gasteiger partial charge in [0.05, 0.1) is 27.7 Å². The zero-order valence-electron chi connectivity index (χ0n) is 55.8. The molecule has 82 heavy (non-hydrogen) atoms. The maximum atomic E-state index is 12.9. The Bertz CT molecular complexity index is 1390. The fourth-order valence-electron chi connectivity index (χ4n) is 11.2. The molecule has 0 aliphatic carbocycles. The molecule has 0 saturated heterocycles. The molecule has 0 saturated carbocycles. The number of likely N-dealkylation sites (N-methyl/N-ethyl adjacent to an activating group) is 1. The summed E-state index contributed by atoms with van der Waals surface area (Å²) < 4.78 is 34.7. The maximum Gasteiger partial charge on any atom is 0.472 e. The highest BCUT2D eigenvalue weighted by molar-refractivity contribution is 7.47. The Kier molecular flexibility index (Phi) is 63.3. The SMILES string of the molecule is CCCCCCCCCC/C=C\CCCCCCCCCCCCCCCCCCCCCCCCCCCCCCCC(=O)OC(COC(=O)CCCCCCCCCCCCCCCCCCC)COP(=O)(O)OCC[N+](C)(C)C. The van der Waals surface area contributed by atoms with Gasteiger partial charge in [0.2, 0.25) is 0 Å². The fourth-order valence-corrected chi connectivity index (χ4v) is 11.9. The fraction of sp³-hybridized carbons (Fsp3) is 0.944. The summed E-state index contributed by atoms with van der Waals surface area (Å²) in [5, 5.41) is 0. The molecule has 0 aliphatic rings. The molecule has 0 fully saturated rings. The molecule has 2 atom stereocenters. The van der Waals surface area contributed by atoms with Gasteiger partial charge in [-0.15, -0.1) is 0 Å². The van der Waals surface area contributed by atoms with E-state index in [0.29, 0.717) is 17.4 Å². The molecular weight excluding hydrogens is 1040 g/mol. The number of ether oxygens (including phenoxy) is 2. The largest absolute Gasteiger partial charge is 0.472 e. The van der Waals surface area contributed by atoms with Crippen molar-refractivity contribution in [3.05, 3.63) is 12.2 Å². The summed E-state index contributed by atoms with van der Waals surface area (Å²) in [7, 11) is 1.50. The first kappa shape index (κ1) is 80.8. The zero-order chi connectivity index (χ0) is 59.8. The number of allylic oxidation sites excluding steroid dienone is 2. The van der Waals surface area contributed by atoms with Gasteiger partial charge in [-0.1, -0.05) is 347 Å². The molecular formula is C72H143NO8P+. The van der Waals surface area contributed by atoms with Crippen molar-refractivity contribution in [2.24, 2.45) is 0 Å². The van der Waals surface area contributed by atoms with Crippen molar-refractivity contribution >= 4 is 19.8 Å². The van der Waals surface area contributed by atoms with Crippen molar-refractivity contribution in [2.45, 2.75) is 392 Å². The van der Waals surface area contributed by atoms with Gasteiger partial charge >= 0.3 is 19.8 Å². The molecule has 0 heterocycles. The molecule has 0 aromatic carbocycles. The lowest BCUT2D eigenvalue weighted by atomic mass is 10.0. The van der Waals surface area contributed by atoms with Crippen molar-refractivity contribution in [3.63, 3.8) is 0 Å². The second kappa shape index (κ2) is 64.2. The third-order valence-electron chi connectivity index (χ3n) is 16.8. The van der Waals surface area contributed by atoms with Gasteiger partial charge in [-0.25, -0.2) is 4.57 Å². The number of esters is 2. The van der Waals surface area contributed by atoms with Crippen molar-refractivity contribution in [1.29, 1.82) is 0 Å². The van der Waals surface area contributed by atoms with Gasteiger partial charge < -0.3 is 18.9 Å². The molecule has 488 valence electrons. The van der Waals surface area contributed by atoms with Gasteiger partial charge in [-0.3, -0.25) is 18.6 Å². The maximum absolute atomic E-state index is 12.9. The van der Waals surface area contributed by atoms with Crippen LogP contribution in [0.15, 0.2) is 12.2 Å². The van der Waals surface area contributed by atoms with Crippen LogP contribution in [0.5, 0.6) is 0 Å². The summed E-state index contributed by atoms with van der Waals surface area (Å²) in [6, 6.07) is 0. The Balaban J connectivity index is 3.83. The summed E-state index contributed by atoms with van der Waals surface area (Å²) >= 11 is 0. The number of rotatable bonds is 69. The van der Waals surface area contributed by atoms with Crippen LogP contribution in [0.1, 0.15) is 386 Å². The summed E-state index contributed by atoms with van der Waals surface area (Å²) in [5.74, 6) is -0.771. The van der Waals surface area contributed by atoms with E-state index >= 15 is 0 Å². The lowest BCUT2D eigenvalue weighted by Crippen LogP contribution is -2.37. The van der Waals surface area contributed by atoms with E-state index in [0.717, 1.165) is 38.5 Å². The Morgan fingerprint density at radius 1 is 0.366 bits per heavy atom. The summed E-state index contributed by atoms with van der Waals surface area (Å²) in [6.45, 7) is 4.51. The minimum atomic E-state index is -4.38. The predicted octanol–water partition coefficient (Wildman–Crippen LogP) is 23.5. The quantitative estimate of drug-likeness (QED) is 0.0211. The Morgan fingerprint density at radius 3 is 0.902 bits per heavy atom. The van der Waals surface area contributed by atoms with Crippen LogP contribution < -0.4 is 0 Å². The number of carbonyl (C=O) groups excluding carboxylic acids is 2. The molecule has 0 spiro atoms. The number of unbranched alkanes of at least 4 members (excludes halogenated alkanes) is 53. The highest BCUT2D eigenvalue weighted by atomic mass is 31.2. The van der Waals surface area contributed by atoms with E-state index in [-0.39, 0.29) is 25.6 Å². The first-order chi connectivity index (χ1) is 40.0. The van der Waals surface area contributed by atoms with Crippen LogP contribution in [0.4, 0.5) is 0 Å². The standard InChI is InChI=1S/C72H142NO8P/c1-6-8-10-12-14-16-18-20-22-24-25-26-27-28-29-30-31-32-33-34-35-36-37-38-39-40-41-42-43-44-45-46-47-49-51-53-55-57-59-61-63-65-72(75)81-70(69-80-82(76,77)79-67-66-73(3,4)5)68-78-71(74)64-62-60-58-56-54-52-50-48-23-21-19-17-15-13-11-9-7-2/h24-25,70H,6-23,26-69H2,1-5H3/p+1/b25-24-. The van der Waals surface area contributed by atoms with Crippen molar-refractivity contribution in [3.8, 4) is 0 Å². The van der Waals surface area contributed by atoms with Crippen molar-refractivity contribution in [2.75, 3.05) is 47.5 Å². The highest BCUT2D eigenvalue weighted by Gasteiger charge is 2.27. The van der Waals surface area contributed by atoms with E-state index in [1.54, 1.807) is 0 Å². The Morgan fingerprint density at radius 2 is 0.622 bits per heavy atom. The van der Waals surface area contributed by atoms with E-state index in [9.17, 15) is 19.0 Å². The van der Waals surface area contributed by atoms with Crippen LogP contribution in [-0.4, -0.2) is 74.9 Å². The van der Waals surface area contributed by atoms with Crippen LogP contribution in [-0.2, 0) is 32.7 Å². The monoisotopic (exact) mass is 1180 g/mol. The lowest BCUT2D eigenvalue weighted by molar-refractivity contribution is -0.870. The molecule has 0 amide bonds. The Hall–Kier alpha value is -1.25. The average Bonchev–Trinajstić information content (AvgIpc) is 3.45.